The van der Waals surface area contributed by atoms with E-state index in [0.717, 1.165) is 37.8 Å². The van der Waals surface area contributed by atoms with E-state index in [-0.39, 0.29) is 16.8 Å². The molecular weight excluding hydrogens is 529 g/mol. The van der Waals surface area contributed by atoms with Gasteiger partial charge in [0.05, 0.1) is 31.2 Å². The maximum absolute atomic E-state index is 13.2. The number of hydrogen-bond acceptors (Lipinski definition) is 7. The molecule has 0 saturated heterocycles. The zero-order valence-corrected chi connectivity index (χ0v) is 23.2. The molecule has 38 heavy (non-hydrogen) atoms. The van der Waals surface area contributed by atoms with Crippen molar-refractivity contribution in [2.24, 2.45) is 0 Å². The van der Waals surface area contributed by atoms with Crippen molar-refractivity contribution >= 4 is 33.6 Å². The maximum Gasteiger partial charge on any atom is 0.426 e. The number of aryl methyl sites for hydroxylation is 2. The number of hydrazine groups is 1. The maximum atomic E-state index is 13.2. The van der Waals surface area contributed by atoms with Crippen LogP contribution in [0.5, 0.6) is 0 Å². The molecule has 2 aromatic rings. The zero-order chi connectivity index (χ0) is 29.0. The van der Waals surface area contributed by atoms with Gasteiger partial charge in [0.1, 0.15) is 10.4 Å². The van der Waals surface area contributed by atoms with Gasteiger partial charge >= 0.3 is 18.0 Å². The summed E-state index contributed by atoms with van der Waals surface area (Å²) in [4.78, 5) is 52.0. The average molecular weight is 563 g/mol. The van der Waals surface area contributed by atoms with Gasteiger partial charge in [-0.1, -0.05) is 0 Å². The Balaban J connectivity index is 2.64. The van der Waals surface area contributed by atoms with Crippen LogP contribution in [-0.2, 0) is 27.4 Å². The monoisotopic (exact) mass is 562 g/mol. The molecule has 0 fully saturated rings. The Labute approximate surface area is 221 Å². The summed E-state index contributed by atoms with van der Waals surface area (Å²) in [5.74, 6) is -0.685. The number of carbonyl (C=O) groups excluding carboxylic acids is 2. The van der Waals surface area contributed by atoms with Crippen molar-refractivity contribution in [3.8, 4) is 0 Å². The highest BCUT2D eigenvalue weighted by Gasteiger charge is 2.29. The van der Waals surface area contributed by atoms with Crippen LogP contribution in [0.4, 0.5) is 18.0 Å². The predicted molar refractivity (Wildman–Crippen MR) is 137 cm³/mol. The highest BCUT2D eigenvalue weighted by atomic mass is 32.1. The number of alkyl halides is 3. The smallest absolute Gasteiger partial charge is 0.426 e. The standard InChI is InChI=1S/C24H33F3N4O6S/c1-8-36-12-9-17(32)30(28-21(34)37-23(5,6)7)13-16-15(4)18-19(33)31(14(2)3)22(35)29(20(18)38-16)11-10-24(25,26)27/h9,12,14H,8,10-11,13H2,1-7H3,(H,28,34). The summed E-state index contributed by atoms with van der Waals surface area (Å²) in [6.07, 6.45) is -4.47. The molecule has 2 amide bonds. The van der Waals surface area contributed by atoms with Gasteiger partial charge in [-0.25, -0.2) is 20.0 Å². The second-order valence-electron chi connectivity index (χ2n) is 9.69. The van der Waals surface area contributed by atoms with Crippen molar-refractivity contribution in [2.75, 3.05) is 6.61 Å². The van der Waals surface area contributed by atoms with E-state index in [2.05, 4.69) is 5.43 Å². The van der Waals surface area contributed by atoms with Crippen LogP contribution in [0, 0.1) is 6.92 Å². The molecule has 0 spiro atoms. The lowest BCUT2D eigenvalue weighted by atomic mass is 10.2. The van der Waals surface area contributed by atoms with Crippen molar-refractivity contribution in [3.63, 3.8) is 0 Å². The van der Waals surface area contributed by atoms with Crippen LogP contribution in [0.3, 0.4) is 0 Å². The van der Waals surface area contributed by atoms with Crippen LogP contribution in [0.1, 0.15) is 64.4 Å². The molecule has 2 rings (SSSR count). The van der Waals surface area contributed by atoms with Crippen LogP contribution in [0.2, 0.25) is 0 Å². The fourth-order valence-corrected chi connectivity index (χ4v) is 4.78. The largest absolute Gasteiger partial charge is 0.501 e. The number of rotatable bonds is 8. The van der Waals surface area contributed by atoms with Crippen molar-refractivity contribution in [3.05, 3.63) is 43.6 Å². The fourth-order valence-electron chi connectivity index (χ4n) is 3.47. The Kier molecular flexibility index (Phi) is 9.81. The van der Waals surface area contributed by atoms with Gasteiger partial charge in [-0.2, -0.15) is 13.2 Å². The van der Waals surface area contributed by atoms with Crippen molar-refractivity contribution < 1.29 is 32.2 Å². The summed E-state index contributed by atoms with van der Waals surface area (Å²) in [5, 5.41) is 1.01. The van der Waals surface area contributed by atoms with E-state index in [1.165, 1.54) is 0 Å². The Morgan fingerprint density at radius 1 is 1.18 bits per heavy atom. The molecule has 2 aromatic heterocycles. The van der Waals surface area contributed by atoms with Crippen molar-refractivity contribution in [1.82, 2.24) is 19.6 Å². The molecule has 0 unspecified atom stereocenters. The highest BCUT2D eigenvalue weighted by molar-refractivity contribution is 7.18. The SMILES string of the molecule is CCOC=CC(=O)N(Cc1sc2c(c1C)c(=O)n(C(C)C)c(=O)n2CCC(F)(F)F)NC(=O)OC(C)(C)C. The number of thiophene rings is 1. The quantitative estimate of drug-likeness (QED) is 0.290. The van der Waals surface area contributed by atoms with Crippen LogP contribution < -0.4 is 16.7 Å². The van der Waals surface area contributed by atoms with Gasteiger partial charge in [-0.15, -0.1) is 11.3 Å². The number of fused-ring (bicyclic) bond motifs is 1. The van der Waals surface area contributed by atoms with Gasteiger partial charge in [-0.3, -0.25) is 18.7 Å². The summed E-state index contributed by atoms with van der Waals surface area (Å²) < 4.78 is 51.2. The first kappa shape index (κ1) is 30.9. The molecule has 0 saturated carbocycles. The Bertz CT molecular complexity index is 1320. The van der Waals surface area contributed by atoms with E-state index in [1.54, 1.807) is 48.5 Å². The number of aromatic nitrogens is 2. The molecule has 212 valence electrons. The van der Waals surface area contributed by atoms with E-state index in [1.807, 2.05) is 0 Å². The number of hydrogen-bond donors (Lipinski definition) is 1. The number of amides is 2. The topological polar surface area (TPSA) is 112 Å². The normalized spacial score (nSPS) is 12.4. The molecule has 0 radical (unpaired) electrons. The summed E-state index contributed by atoms with van der Waals surface area (Å²) in [5.41, 5.74) is 0.384. The molecule has 14 heteroatoms. The zero-order valence-electron chi connectivity index (χ0n) is 22.4. The second-order valence-corrected chi connectivity index (χ2v) is 10.8. The number of carbonyl (C=O) groups is 2. The van der Waals surface area contributed by atoms with Gasteiger partial charge in [0.2, 0.25) is 0 Å². The minimum absolute atomic E-state index is 0.0585. The van der Waals surface area contributed by atoms with Gasteiger partial charge < -0.3 is 9.47 Å². The molecule has 2 heterocycles. The summed E-state index contributed by atoms with van der Waals surface area (Å²) in [6, 6.07) is -0.602. The van der Waals surface area contributed by atoms with Crippen LogP contribution in [0.25, 0.3) is 10.2 Å². The van der Waals surface area contributed by atoms with E-state index < -0.39 is 54.0 Å². The van der Waals surface area contributed by atoms with E-state index in [9.17, 15) is 32.3 Å². The fraction of sp³-hybridized carbons (Fsp3) is 0.583. The third kappa shape index (κ3) is 7.85. The van der Waals surface area contributed by atoms with Gasteiger partial charge in [0.25, 0.3) is 11.5 Å². The minimum Gasteiger partial charge on any atom is -0.501 e. The first-order valence-electron chi connectivity index (χ1n) is 11.9. The van der Waals surface area contributed by atoms with Gasteiger partial charge in [0.15, 0.2) is 0 Å². The molecule has 0 aliphatic carbocycles. The molecule has 0 atom stereocenters. The molecule has 1 N–H and O–H groups in total. The summed E-state index contributed by atoms with van der Waals surface area (Å²) in [6.45, 7) is 10.8. The van der Waals surface area contributed by atoms with E-state index in [0.29, 0.717) is 17.0 Å². The molecule has 0 bridgehead atoms. The Hall–Kier alpha value is -3.29. The second kappa shape index (κ2) is 12.0. The molecular formula is C24H33F3N4O6S. The Morgan fingerprint density at radius 2 is 1.82 bits per heavy atom. The lowest BCUT2D eigenvalue weighted by Crippen LogP contribution is -2.47. The van der Waals surface area contributed by atoms with Crippen LogP contribution in [-0.4, -0.2) is 44.5 Å². The lowest BCUT2D eigenvalue weighted by Gasteiger charge is -2.25. The summed E-state index contributed by atoms with van der Waals surface area (Å²) in [7, 11) is 0. The van der Waals surface area contributed by atoms with Crippen LogP contribution >= 0.6 is 11.3 Å². The van der Waals surface area contributed by atoms with Crippen molar-refractivity contribution in [2.45, 2.75) is 85.8 Å². The van der Waals surface area contributed by atoms with Crippen molar-refractivity contribution in [1.29, 1.82) is 0 Å². The van der Waals surface area contributed by atoms with Crippen LogP contribution in [0.15, 0.2) is 21.9 Å². The first-order chi connectivity index (χ1) is 17.5. The summed E-state index contributed by atoms with van der Waals surface area (Å²) >= 11 is 0.905. The molecule has 0 aromatic carbocycles. The molecule has 0 aliphatic heterocycles. The Morgan fingerprint density at radius 3 is 2.34 bits per heavy atom. The third-order valence-corrected chi connectivity index (χ3v) is 6.44. The minimum atomic E-state index is -4.52. The number of nitrogens with one attached hydrogen (secondary N) is 1. The molecule has 0 aliphatic rings. The number of nitrogens with zero attached hydrogens (tertiary/aromatic N) is 3. The van der Waals surface area contributed by atoms with E-state index >= 15 is 0 Å². The third-order valence-electron chi connectivity index (χ3n) is 5.14. The number of halogens is 3. The predicted octanol–water partition coefficient (Wildman–Crippen LogP) is 4.38. The first-order valence-corrected chi connectivity index (χ1v) is 12.7. The lowest BCUT2D eigenvalue weighted by molar-refractivity contribution is -0.136. The molecule has 10 nitrogen and oxygen atoms in total. The average Bonchev–Trinajstić information content (AvgIpc) is 3.07. The number of ether oxygens (including phenoxy) is 2. The van der Waals surface area contributed by atoms with E-state index in [4.69, 9.17) is 9.47 Å². The van der Waals surface area contributed by atoms with Gasteiger partial charge in [0, 0.05) is 23.5 Å². The van der Waals surface area contributed by atoms with Gasteiger partial charge in [-0.05, 0) is 54.0 Å². The highest BCUT2D eigenvalue weighted by Crippen LogP contribution is 2.30.